The van der Waals surface area contributed by atoms with Gasteiger partial charge in [0, 0.05) is 28.8 Å². The monoisotopic (exact) mass is 352 g/mol. The maximum absolute atomic E-state index is 6.27. The predicted octanol–water partition coefficient (Wildman–Crippen LogP) is 4.54. The van der Waals surface area contributed by atoms with Gasteiger partial charge < -0.3 is 10.1 Å². The van der Waals surface area contributed by atoms with Crippen molar-refractivity contribution < 1.29 is 4.74 Å². The highest BCUT2D eigenvalue weighted by Gasteiger charge is 2.21. The Hall–Kier alpha value is -1.10. The summed E-state index contributed by atoms with van der Waals surface area (Å²) < 4.78 is 6.78. The first-order valence-corrected chi connectivity index (χ1v) is 7.68. The molecule has 3 rings (SSSR count). The van der Waals surface area contributed by atoms with Crippen LogP contribution in [0.1, 0.15) is 18.4 Å². The molecule has 0 bridgehead atoms. The van der Waals surface area contributed by atoms with Crippen LogP contribution in [-0.2, 0) is 6.54 Å². The number of rotatable bonds is 5. The number of para-hydroxylation sites is 1. The predicted molar refractivity (Wildman–Crippen MR) is 83.3 cm³/mol. The molecule has 1 aliphatic carbocycles. The molecular formula is C15H14BrClN2O. The average Bonchev–Trinajstić information content (AvgIpc) is 3.24. The molecule has 1 aromatic carbocycles. The third-order valence-electron chi connectivity index (χ3n) is 3.11. The van der Waals surface area contributed by atoms with E-state index in [2.05, 4.69) is 26.2 Å². The zero-order chi connectivity index (χ0) is 13.9. The molecule has 1 saturated carbocycles. The van der Waals surface area contributed by atoms with Gasteiger partial charge in [0.05, 0.1) is 11.2 Å². The highest BCUT2D eigenvalue weighted by atomic mass is 79.9. The molecule has 1 fully saturated rings. The molecule has 0 aliphatic heterocycles. The van der Waals surface area contributed by atoms with Crippen LogP contribution < -0.4 is 10.1 Å². The summed E-state index contributed by atoms with van der Waals surface area (Å²) in [6, 6.07) is 8.33. The normalized spacial score (nSPS) is 14.3. The van der Waals surface area contributed by atoms with Gasteiger partial charge in [-0.3, -0.25) is 4.98 Å². The van der Waals surface area contributed by atoms with E-state index in [-0.39, 0.29) is 0 Å². The molecule has 5 heteroatoms. The van der Waals surface area contributed by atoms with Gasteiger partial charge in [0.25, 0.3) is 0 Å². The summed E-state index contributed by atoms with van der Waals surface area (Å²) in [6.45, 7) is 0.766. The van der Waals surface area contributed by atoms with Gasteiger partial charge in [0.15, 0.2) is 5.75 Å². The number of nitrogens with zero attached hydrogens (tertiary/aromatic N) is 1. The number of aromatic nitrogens is 1. The highest BCUT2D eigenvalue weighted by molar-refractivity contribution is 9.10. The van der Waals surface area contributed by atoms with Gasteiger partial charge in [-0.1, -0.05) is 23.7 Å². The second-order valence-corrected chi connectivity index (χ2v) is 6.15. The molecule has 20 heavy (non-hydrogen) atoms. The summed E-state index contributed by atoms with van der Waals surface area (Å²) >= 11 is 9.65. The van der Waals surface area contributed by atoms with Crippen LogP contribution in [0.2, 0.25) is 5.02 Å². The second kappa shape index (κ2) is 6.12. The Balaban J connectivity index is 1.82. The van der Waals surface area contributed by atoms with E-state index < -0.39 is 0 Å². The summed E-state index contributed by atoms with van der Waals surface area (Å²) in [5.74, 6) is 1.36. The Kier molecular flexibility index (Phi) is 4.24. The van der Waals surface area contributed by atoms with Crippen molar-refractivity contribution in [2.75, 3.05) is 0 Å². The standard InChI is InChI=1S/C15H14BrClN2O/c16-11-6-13(9-18-8-11)20-15-10(2-1-3-14(15)17)7-19-12-4-5-12/h1-3,6,8-9,12,19H,4-5,7H2. The smallest absolute Gasteiger partial charge is 0.150 e. The van der Waals surface area contributed by atoms with Crippen molar-refractivity contribution in [1.82, 2.24) is 10.3 Å². The van der Waals surface area contributed by atoms with Crippen molar-refractivity contribution >= 4 is 27.5 Å². The van der Waals surface area contributed by atoms with Gasteiger partial charge in [0.1, 0.15) is 5.75 Å². The minimum absolute atomic E-state index is 0.611. The lowest BCUT2D eigenvalue weighted by atomic mass is 10.2. The molecule has 3 nitrogen and oxygen atoms in total. The molecule has 0 unspecified atom stereocenters. The van der Waals surface area contributed by atoms with Crippen molar-refractivity contribution in [2.24, 2.45) is 0 Å². The maximum Gasteiger partial charge on any atom is 0.150 e. The van der Waals surface area contributed by atoms with Crippen LogP contribution in [0, 0.1) is 0 Å². The number of ether oxygens (including phenoxy) is 1. The molecular weight excluding hydrogens is 340 g/mol. The molecule has 0 radical (unpaired) electrons. The molecule has 1 aliphatic rings. The minimum atomic E-state index is 0.611. The van der Waals surface area contributed by atoms with Crippen molar-refractivity contribution in [3.63, 3.8) is 0 Å². The Labute approximate surface area is 131 Å². The van der Waals surface area contributed by atoms with E-state index >= 15 is 0 Å². The maximum atomic E-state index is 6.27. The van der Waals surface area contributed by atoms with E-state index in [0.717, 1.165) is 16.6 Å². The molecule has 0 spiro atoms. The van der Waals surface area contributed by atoms with Gasteiger partial charge >= 0.3 is 0 Å². The van der Waals surface area contributed by atoms with E-state index in [0.29, 0.717) is 22.6 Å². The number of pyridine rings is 1. The Morgan fingerprint density at radius 3 is 2.95 bits per heavy atom. The fourth-order valence-corrected chi connectivity index (χ4v) is 2.49. The van der Waals surface area contributed by atoms with Gasteiger partial charge in [-0.2, -0.15) is 0 Å². The Morgan fingerprint density at radius 1 is 1.35 bits per heavy atom. The zero-order valence-electron chi connectivity index (χ0n) is 10.8. The molecule has 1 heterocycles. The fourth-order valence-electron chi connectivity index (χ4n) is 1.91. The van der Waals surface area contributed by atoms with Crippen LogP contribution in [0.3, 0.4) is 0 Å². The number of hydrogen-bond donors (Lipinski definition) is 1. The number of hydrogen-bond acceptors (Lipinski definition) is 3. The topological polar surface area (TPSA) is 34.1 Å². The number of nitrogens with one attached hydrogen (secondary N) is 1. The van der Waals surface area contributed by atoms with Gasteiger partial charge in [-0.25, -0.2) is 0 Å². The summed E-state index contributed by atoms with van der Waals surface area (Å²) in [4.78, 5) is 4.09. The molecule has 1 N–H and O–H groups in total. The van der Waals surface area contributed by atoms with Crippen molar-refractivity contribution in [3.05, 3.63) is 51.7 Å². The van der Waals surface area contributed by atoms with Crippen LogP contribution >= 0.6 is 27.5 Å². The largest absolute Gasteiger partial charge is 0.454 e. The van der Waals surface area contributed by atoms with Crippen LogP contribution in [0.4, 0.5) is 0 Å². The summed E-state index contributed by atoms with van der Waals surface area (Å²) in [5.41, 5.74) is 1.06. The van der Waals surface area contributed by atoms with E-state index in [9.17, 15) is 0 Å². The summed E-state index contributed by atoms with van der Waals surface area (Å²) in [6.07, 6.45) is 5.90. The minimum Gasteiger partial charge on any atom is -0.454 e. The second-order valence-electron chi connectivity index (χ2n) is 4.82. The van der Waals surface area contributed by atoms with Crippen molar-refractivity contribution in [3.8, 4) is 11.5 Å². The fraction of sp³-hybridized carbons (Fsp3) is 0.267. The van der Waals surface area contributed by atoms with Crippen molar-refractivity contribution in [2.45, 2.75) is 25.4 Å². The molecule has 104 valence electrons. The first-order valence-electron chi connectivity index (χ1n) is 6.51. The molecule has 2 aromatic rings. The number of halogens is 2. The third kappa shape index (κ3) is 3.51. The lowest BCUT2D eigenvalue weighted by molar-refractivity contribution is 0.470. The van der Waals surface area contributed by atoms with Crippen LogP contribution in [0.15, 0.2) is 41.1 Å². The molecule has 0 atom stereocenters. The summed E-state index contributed by atoms with van der Waals surface area (Å²) in [5, 5.41) is 4.09. The molecule has 1 aromatic heterocycles. The van der Waals surface area contributed by atoms with E-state index in [4.69, 9.17) is 16.3 Å². The first-order chi connectivity index (χ1) is 9.72. The van der Waals surface area contributed by atoms with Gasteiger partial charge in [-0.15, -0.1) is 0 Å². The highest BCUT2D eigenvalue weighted by Crippen LogP contribution is 2.34. The Bertz CT molecular complexity index is 617. The zero-order valence-corrected chi connectivity index (χ0v) is 13.1. The SMILES string of the molecule is Clc1cccc(CNC2CC2)c1Oc1cncc(Br)c1. The molecule has 0 amide bonds. The third-order valence-corrected chi connectivity index (χ3v) is 3.84. The average molecular weight is 354 g/mol. The van der Waals surface area contributed by atoms with E-state index in [1.165, 1.54) is 12.8 Å². The van der Waals surface area contributed by atoms with Gasteiger partial charge in [0.2, 0.25) is 0 Å². The van der Waals surface area contributed by atoms with Crippen LogP contribution in [-0.4, -0.2) is 11.0 Å². The summed E-state index contributed by atoms with van der Waals surface area (Å²) in [7, 11) is 0. The quantitative estimate of drug-likeness (QED) is 0.857. The first kappa shape index (κ1) is 13.9. The lowest BCUT2D eigenvalue weighted by Crippen LogP contribution is -2.15. The van der Waals surface area contributed by atoms with Crippen LogP contribution in [0.25, 0.3) is 0 Å². The van der Waals surface area contributed by atoms with Crippen molar-refractivity contribution in [1.29, 1.82) is 0 Å². The van der Waals surface area contributed by atoms with E-state index in [1.807, 2.05) is 24.3 Å². The van der Waals surface area contributed by atoms with Gasteiger partial charge in [-0.05, 0) is 40.9 Å². The molecule has 0 saturated heterocycles. The van der Waals surface area contributed by atoms with Crippen LogP contribution in [0.5, 0.6) is 11.5 Å². The Morgan fingerprint density at radius 2 is 2.20 bits per heavy atom. The van der Waals surface area contributed by atoms with E-state index in [1.54, 1.807) is 12.4 Å². The number of benzene rings is 1. The lowest BCUT2D eigenvalue weighted by Gasteiger charge is -2.13.